The molecule has 1 aromatic heterocycles. The van der Waals surface area contributed by atoms with Gasteiger partial charge in [0.25, 0.3) is 0 Å². The normalized spacial score (nSPS) is 11.0. The second-order valence-corrected chi connectivity index (χ2v) is 6.48. The van der Waals surface area contributed by atoms with Crippen molar-refractivity contribution >= 4 is 5.91 Å². The Morgan fingerprint density at radius 2 is 1.88 bits per heavy atom. The van der Waals surface area contributed by atoms with Crippen molar-refractivity contribution in [1.82, 2.24) is 10.2 Å². The molecule has 0 bridgehead atoms. The predicted octanol–water partition coefficient (Wildman–Crippen LogP) is 3.13. The van der Waals surface area contributed by atoms with Crippen LogP contribution in [-0.4, -0.2) is 37.6 Å². The minimum Gasteiger partial charge on any atom is -0.493 e. The highest BCUT2D eigenvalue weighted by Gasteiger charge is 2.16. The van der Waals surface area contributed by atoms with Crippen molar-refractivity contribution in [3.05, 3.63) is 47.4 Å². The van der Waals surface area contributed by atoms with E-state index in [0.29, 0.717) is 31.1 Å². The van der Waals surface area contributed by atoms with Crippen molar-refractivity contribution in [3.8, 4) is 11.5 Å². The molecule has 0 saturated heterocycles. The number of nitrogens with one attached hydrogen (secondary N) is 1. The van der Waals surface area contributed by atoms with Crippen LogP contribution in [0.2, 0.25) is 0 Å². The average Bonchev–Trinajstić information content (AvgIpc) is 3.03. The maximum absolute atomic E-state index is 12.4. The van der Waals surface area contributed by atoms with Gasteiger partial charge in [-0.2, -0.15) is 0 Å². The molecule has 2 rings (SSSR count). The van der Waals surface area contributed by atoms with E-state index in [-0.39, 0.29) is 11.9 Å². The van der Waals surface area contributed by atoms with Gasteiger partial charge in [-0.25, -0.2) is 0 Å². The molecule has 1 N–H and O–H groups in total. The van der Waals surface area contributed by atoms with Crippen LogP contribution >= 0.6 is 0 Å². The molecule has 142 valence electrons. The maximum Gasteiger partial charge on any atom is 0.234 e. The van der Waals surface area contributed by atoms with E-state index in [1.54, 1.807) is 14.2 Å². The number of methoxy groups -OCH3 is 2. The number of carbonyl (C=O) groups excluding carboxylic acids is 1. The number of rotatable bonds is 9. The van der Waals surface area contributed by atoms with E-state index in [4.69, 9.17) is 13.9 Å². The number of furan rings is 1. The van der Waals surface area contributed by atoms with Crippen LogP contribution < -0.4 is 14.8 Å². The summed E-state index contributed by atoms with van der Waals surface area (Å²) >= 11 is 0. The fourth-order valence-electron chi connectivity index (χ4n) is 2.62. The average molecular weight is 360 g/mol. The Morgan fingerprint density at radius 1 is 1.15 bits per heavy atom. The van der Waals surface area contributed by atoms with Gasteiger partial charge in [-0.1, -0.05) is 6.07 Å². The lowest BCUT2D eigenvalue weighted by Crippen LogP contribution is -2.40. The third kappa shape index (κ3) is 5.52. The lowest BCUT2D eigenvalue weighted by Gasteiger charge is -2.24. The van der Waals surface area contributed by atoms with Gasteiger partial charge in [-0.05, 0) is 50.6 Å². The van der Waals surface area contributed by atoms with Crippen molar-refractivity contribution in [2.75, 3.05) is 20.8 Å². The number of carbonyl (C=O) groups is 1. The lowest BCUT2D eigenvalue weighted by molar-refractivity contribution is -0.123. The number of nitrogens with zero attached hydrogens (tertiary/aromatic N) is 1. The van der Waals surface area contributed by atoms with Gasteiger partial charge in [-0.15, -0.1) is 0 Å². The Kier molecular flexibility index (Phi) is 7.09. The number of ether oxygens (including phenoxy) is 2. The van der Waals surface area contributed by atoms with Crippen LogP contribution in [0.4, 0.5) is 0 Å². The first-order valence-electron chi connectivity index (χ1n) is 8.70. The Bertz CT molecular complexity index is 724. The Morgan fingerprint density at radius 3 is 2.46 bits per heavy atom. The molecule has 0 unspecified atom stereocenters. The van der Waals surface area contributed by atoms with Crippen molar-refractivity contribution in [2.24, 2.45) is 0 Å². The van der Waals surface area contributed by atoms with Gasteiger partial charge in [-0.3, -0.25) is 9.69 Å². The quantitative estimate of drug-likeness (QED) is 0.744. The van der Waals surface area contributed by atoms with Crippen LogP contribution in [-0.2, 0) is 17.9 Å². The first kappa shape index (κ1) is 19.8. The first-order valence-corrected chi connectivity index (χ1v) is 8.70. The van der Waals surface area contributed by atoms with Gasteiger partial charge < -0.3 is 19.2 Å². The second-order valence-electron chi connectivity index (χ2n) is 6.48. The summed E-state index contributed by atoms with van der Waals surface area (Å²) in [5, 5.41) is 2.96. The summed E-state index contributed by atoms with van der Waals surface area (Å²) < 4.78 is 16.1. The van der Waals surface area contributed by atoms with Crippen LogP contribution in [0, 0.1) is 6.92 Å². The van der Waals surface area contributed by atoms with E-state index in [2.05, 4.69) is 24.1 Å². The molecule has 1 amide bonds. The van der Waals surface area contributed by atoms with Crippen LogP contribution in [0.5, 0.6) is 11.5 Å². The highest BCUT2D eigenvalue weighted by molar-refractivity contribution is 5.78. The summed E-state index contributed by atoms with van der Waals surface area (Å²) in [6.07, 6.45) is 0. The minimum atomic E-state index is -0.0308. The molecule has 0 fully saturated rings. The van der Waals surface area contributed by atoms with E-state index in [9.17, 15) is 4.79 Å². The fourth-order valence-corrected chi connectivity index (χ4v) is 2.62. The molecular formula is C20H28N2O4. The molecule has 0 aliphatic heterocycles. The van der Waals surface area contributed by atoms with Gasteiger partial charge >= 0.3 is 0 Å². The summed E-state index contributed by atoms with van der Waals surface area (Å²) in [7, 11) is 3.19. The SMILES string of the molecule is COc1ccc(CNC(=O)CN(Cc2ccc(C)o2)C(C)C)cc1OC. The standard InChI is InChI=1S/C20H28N2O4/c1-14(2)22(12-17-8-6-15(3)26-17)13-20(23)21-11-16-7-9-18(24-4)19(10-16)25-5/h6-10,14H,11-13H2,1-5H3,(H,21,23). The van der Waals surface area contributed by atoms with Crippen LogP contribution in [0.25, 0.3) is 0 Å². The minimum absolute atomic E-state index is 0.0308. The monoisotopic (exact) mass is 360 g/mol. The van der Waals surface area contributed by atoms with Crippen molar-refractivity contribution in [2.45, 2.75) is 39.9 Å². The number of hydrogen-bond acceptors (Lipinski definition) is 5. The zero-order valence-electron chi connectivity index (χ0n) is 16.2. The molecule has 0 spiro atoms. The molecule has 0 saturated carbocycles. The Labute approximate surface area is 155 Å². The van der Waals surface area contributed by atoms with Crippen LogP contribution in [0.1, 0.15) is 30.9 Å². The molecular weight excluding hydrogens is 332 g/mol. The third-order valence-electron chi connectivity index (χ3n) is 4.17. The lowest BCUT2D eigenvalue weighted by atomic mass is 10.2. The molecule has 0 radical (unpaired) electrons. The van der Waals surface area contributed by atoms with Crippen molar-refractivity contribution in [3.63, 3.8) is 0 Å². The summed E-state index contributed by atoms with van der Waals surface area (Å²) in [5.74, 6) is 3.03. The van der Waals surface area contributed by atoms with E-state index in [0.717, 1.165) is 17.1 Å². The van der Waals surface area contributed by atoms with Gasteiger partial charge in [0.2, 0.25) is 5.91 Å². The molecule has 6 heteroatoms. The molecule has 0 aliphatic carbocycles. The Balaban J connectivity index is 1.91. The van der Waals surface area contributed by atoms with Crippen LogP contribution in [0.3, 0.4) is 0 Å². The van der Waals surface area contributed by atoms with Gasteiger partial charge in [0.05, 0.1) is 27.3 Å². The highest BCUT2D eigenvalue weighted by Crippen LogP contribution is 2.27. The largest absolute Gasteiger partial charge is 0.493 e. The molecule has 6 nitrogen and oxygen atoms in total. The third-order valence-corrected chi connectivity index (χ3v) is 4.17. The fraction of sp³-hybridized carbons (Fsp3) is 0.450. The predicted molar refractivity (Wildman–Crippen MR) is 100 cm³/mol. The van der Waals surface area contributed by atoms with Crippen molar-refractivity contribution < 1.29 is 18.7 Å². The molecule has 1 heterocycles. The topological polar surface area (TPSA) is 63.9 Å². The number of amides is 1. The molecule has 2 aromatic rings. The van der Waals surface area contributed by atoms with Gasteiger partial charge in [0, 0.05) is 12.6 Å². The maximum atomic E-state index is 12.4. The first-order chi connectivity index (χ1) is 12.4. The van der Waals surface area contributed by atoms with E-state index in [1.165, 1.54) is 0 Å². The molecule has 0 aliphatic rings. The van der Waals surface area contributed by atoms with Crippen molar-refractivity contribution in [1.29, 1.82) is 0 Å². The summed E-state index contributed by atoms with van der Waals surface area (Å²) in [6.45, 7) is 7.40. The van der Waals surface area contributed by atoms with Gasteiger partial charge in [0.15, 0.2) is 11.5 Å². The van der Waals surface area contributed by atoms with E-state index in [1.807, 2.05) is 37.3 Å². The smallest absolute Gasteiger partial charge is 0.234 e. The molecule has 26 heavy (non-hydrogen) atoms. The summed E-state index contributed by atoms with van der Waals surface area (Å²) in [6, 6.07) is 9.72. The summed E-state index contributed by atoms with van der Waals surface area (Å²) in [5.41, 5.74) is 0.953. The molecule has 1 aromatic carbocycles. The van der Waals surface area contributed by atoms with Gasteiger partial charge in [0.1, 0.15) is 11.5 Å². The Hall–Kier alpha value is -2.47. The van der Waals surface area contributed by atoms with Crippen LogP contribution in [0.15, 0.2) is 34.7 Å². The van der Waals surface area contributed by atoms with E-state index >= 15 is 0 Å². The van der Waals surface area contributed by atoms with E-state index < -0.39 is 0 Å². The molecule has 0 atom stereocenters. The number of benzene rings is 1. The number of aryl methyl sites for hydroxylation is 1. The zero-order valence-corrected chi connectivity index (χ0v) is 16.2. The summed E-state index contributed by atoms with van der Waals surface area (Å²) in [4.78, 5) is 14.4. The second kappa shape index (κ2) is 9.29. The highest BCUT2D eigenvalue weighted by atomic mass is 16.5. The number of hydrogen-bond donors (Lipinski definition) is 1. The zero-order chi connectivity index (χ0) is 19.1.